The molecular formula is C20H22N2O2. The molecule has 0 aliphatic carbocycles. The maximum Gasteiger partial charge on any atom is 0.275 e. The Labute approximate surface area is 142 Å². The molecule has 0 aliphatic rings. The molecule has 1 aromatic carbocycles. The highest BCUT2D eigenvalue weighted by molar-refractivity contribution is 5.96. The second-order valence-electron chi connectivity index (χ2n) is 7.10. The van der Waals surface area contributed by atoms with E-state index in [4.69, 9.17) is 0 Å². The van der Waals surface area contributed by atoms with Crippen molar-refractivity contribution in [1.82, 2.24) is 4.57 Å². The van der Waals surface area contributed by atoms with Gasteiger partial charge in [-0.15, -0.1) is 0 Å². The first-order valence-electron chi connectivity index (χ1n) is 7.87. The van der Waals surface area contributed by atoms with Crippen LogP contribution in [0.25, 0.3) is 0 Å². The zero-order valence-corrected chi connectivity index (χ0v) is 15.0. The van der Waals surface area contributed by atoms with Crippen LogP contribution in [0.5, 0.6) is 0 Å². The van der Waals surface area contributed by atoms with Gasteiger partial charge >= 0.3 is 0 Å². The fourth-order valence-electron chi connectivity index (χ4n) is 2.67. The van der Waals surface area contributed by atoms with E-state index in [1.807, 2.05) is 25.1 Å². The van der Waals surface area contributed by atoms with Gasteiger partial charge in [0.15, 0.2) is 0 Å². The van der Waals surface area contributed by atoms with Crippen molar-refractivity contribution in [3.63, 3.8) is 0 Å². The summed E-state index contributed by atoms with van der Waals surface area (Å²) in [5, 5.41) is 9.24. The number of aromatic nitrogens is 1. The van der Waals surface area contributed by atoms with Crippen molar-refractivity contribution in [1.29, 1.82) is 5.26 Å². The maximum absolute atomic E-state index is 12.8. The highest BCUT2D eigenvalue weighted by atomic mass is 16.2. The highest BCUT2D eigenvalue weighted by Gasteiger charge is 2.20. The number of rotatable bonds is 1. The summed E-state index contributed by atoms with van der Waals surface area (Å²) in [6.45, 7) is 11.6. The number of pyridine rings is 1. The summed E-state index contributed by atoms with van der Waals surface area (Å²) in [6.07, 6.45) is 0. The SMILES string of the molecule is Cc1c(C)c(C)n(C(=O)c2ccc(C(C)(C)C)cc2)c(=O)c1C#N. The minimum Gasteiger partial charge on any atom is -0.268 e. The van der Waals surface area contributed by atoms with E-state index >= 15 is 0 Å². The first-order chi connectivity index (χ1) is 11.1. The number of nitrogens with zero attached hydrogens (tertiary/aromatic N) is 2. The molecule has 0 N–H and O–H groups in total. The Kier molecular flexibility index (Phi) is 4.48. The Bertz CT molecular complexity index is 905. The zero-order chi connectivity index (χ0) is 18.2. The lowest BCUT2D eigenvalue weighted by atomic mass is 9.86. The molecular weight excluding hydrogens is 300 g/mol. The number of nitriles is 1. The minimum absolute atomic E-state index is 0.0112. The van der Waals surface area contributed by atoms with Gasteiger partial charge in [0.2, 0.25) is 0 Å². The van der Waals surface area contributed by atoms with Gasteiger partial charge in [-0.3, -0.25) is 9.59 Å². The van der Waals surface area contributed by atoms with Crippen molar-refractivity contribution >= 4 is 5.91 Å². The average molecular weight is 322 g/mol. The molecule has 0 spiro atoms. The Morgan fingerprint density at radius 1 is 1.04 bits per heavy atom. The van der Waals surface area contributed by atoms with E-state index in [-0.39, 0.29) is 11.0 Å². The lowest BCUT2D eigenvalue weighted by Gasteiger charge is -2.19. The molecule has 124 valence electrons. The molecule has 1 heterocycles. The molecule has 2 rings (SSSR count). The molecule has 0 saturated heterocycles. The van der Waals surface area contributed by atoms with Crippen LogP contribution in [0.15, 0.2) is 29.1 Å². The third-order valence-electron chi connectivity index (χ3n) is 4.55. The zero-order valence-electron chi connectivity index (χ0n) is 15.0. The average Bonchev–Trinajstić information content (AvgIpc) is 2.52. The summed E-state index contributed by atoms with van der Waals surface area (Å²) >= 11 is 0. The molecule has 24 heavy (non-hydrogen) atoms. The molecule has 0 fully saturated rings. The van der Waals surface area contributed by atoms with E-state index in [2.05, 4.69) is 20.8 Å². The van der Waals surface area contributed by atoms with Crippen molar-refractivity contribution in [2.45, 2.75) is 47.0 Å². The largest absolute Gasteiger partial charge is 0.275 e. The fraction of sp³-hybridized carbons (Fsp3) is 0.350. The summed E-state index contributed by atoms with van der Waals surface area (Å²) in [4.78, 5) is 25.4. The van der Waals surface area contributed by atoms with E-state index in [0.29, 0.717) is 16.8 Å². The molecule has 0 radical (unpaired) electrons. The summed E-state index contributed by atoms with van der Waals surface area (Å²) in [5.74, 6) is -0.405. The topological polar surface area (TPSA) is 62.9 Å². The third-order valence-corrected chi connectivity index (χ3v) is 4.55. The molecule has 0 unspecified atom stereocenters. The Hall–Kier alpha value is -2.67. The second-order valence-corrected chi connectivity index (χ2v) is 7.10. The van der Waals surface area contributed by atoms with Crippen LogP contribution in [0.1, 0.15) is 59.1 Å². The van der Waals surface area contributed by atoms with Crippen molar-refractivity contribution < 1.29 is 4.79 Å². The Balaban J connectivity index is 2.62. The standard InChI is InChI=1S/C20H22N2O2/c1-12-13(2)17(11-21)19(24)22(14(12)3)18(23)15-7-9-16(10-8-15)20(4,5)6/h7-10H,1-6H3. The van der Waals surface area contributed by atoms with Crippen molar-refractivity contribution in [3.05, 3.63) is 68.1 Å². The minimum atomic E-state index is -0.553. The van der Waals surface area contributed by atoms with Crippen LogP contribution in [-0.4, -0.2) is 10.5 Å². The molecule has 0 atom stereocenters. The van der Waals surface area contributed by atoms with Gasteiger partial charge in [-0.25, -0.2) is 4.57 Å². The predicted octanol–water partition coefficient (Wildman–Crippen LogP) is 3.63. The predicted molar refractivity (Wildman–Crippen MR) is 94.5 cm³/mol. The number of hydrogen-bond donors (Lipinski definition) is 0. The first-order valence-corrected chi connectivity index (χ1v) is 7.87. The Morgan fingerprint density at radius 2 is 1.58 bits per heavy atom. The van der Waals surface area contributed by atoms with E-state index in [1.54, 1.807) is 26.0 Å². The van der Waals surface area contributed by atoms with Crippen LogP contribution in [0.2, 0.25) is 0 Å². The smallest absolute Gasteiger partial charge is 0.268 e. The van der Waals surface area contributed by atoms with Gasteiger partial charge in [-0.05, 0) is 55.0 Å². The van der Waals surface area contributed by atoms with Crippen LogP contribution in [0.3, 0.4) is 0 Å². The second kappa shape index (κ2) is 6.09. The van der Waals surface area contributed by atoms with Crippen LogP contribution < -0.4 is 5.56 Å². The molecule has 4 nitrogen and oxygen atoms in total. The van der Waals surface area contributed by atoms with Gasteiger partial charge in [0.25, 0.3) is 11.5 Å². The van der Waals surface area contributed by atoms with Crippen LogP contribution >= 0.6 is 0 Å². The van der Waals surface area contributed by atoms with Crippen LogP contribution in [-0.2, 0) is 5.41 Å². The van der Waals surface area contributed by atoms with Gasteiger partial charge in [0.1, 0.15) is 11.6 Å². The van der Waals surface area contributed by atoms with Gasteiger partial charge in [-0.2, -0.15) is 5.26 Å². The van der Waals surface area contributed by atoms with Crippen molar-refractivity contribution in [3.8, 4) is 6.07 Å². The molecule has 1 aromatic heterocycles. The quantitative estimate of drug-likeness (QED) is 0.805. The number of carbonyl (C=O) groups excluding carboxylic acids is 1. The lowest BCUT2D eigenvalue weighted by Crippen LogP contribution is -2.32. The number of benzene rings is 1. The van der Waals surface area contributed by atoms with E-state index < -0.39 is 11.5 Å². The molecule has 0 aliphatic heterocycles. The van der Waals surface area contributed by atoms with E-state index in [9.17, 15) is 14.9 Å². The molecule has 0 amide bonds. The van der Waals surface area contributed by atoms with Crippen molar-refractivity contribution in [2.24, 2.45) is 0 Å². The van der Waals surface area contributed by atoms with E-state index in [1.165, 1.54) is 0 Å². The maximum atomic E-state index is 12.8. The van der Waals surface area contributed by atoms with Gasteiger partial charge < -0.3 is 0 Å². The van der Waals surface area contributed by atoms with Gasteiger partial charge in [0.05, 0.1) is 0 Å². The first kappa shape index (κ1) is 17.7. The van der Waals surface area contributed by atoms with Gasteiger partial charge in [0, 0.05) is 11.3 Å². The number of carbonyl (C=O) groups is 1. The van der Waals surface area contributed by atoms with Crippen molar-refractivity contribution in [2.75, 3.05) is 0 Å². The number of hydrogen-bond acceptors (Lipinski definition) is 3. The normalized spacial score (nSPS) is 11.2. The highest BCUT2D eigenvalue weighted by Crippen LogP contribution is 2.22. The molecule has 0 bridgehead atoms. The molecule has 2 aromatic rings. The summed E-state index contributed by atoms with van der Waals surface area (Å²) < 4.78 is 1.10. The summed E-state index contributed by atoms with van der Waals surface area (Å²) in [5.41, 5.74) is 2.99. The summed E-state index contributed by atoms with van der Waals surface area (Å²) in [7, 11) is 0. The summed E-state index contributed by atoms with van der Waals surface area (Å²) in [6, 6.07) is 9.19. The van der Waals surface area contributed by atoms with Gasteiger partial charge in [-0.1, -0.05) is 32.9 Å². The third kappa shape index (κ3) is 2.90. The lowest BCUT2D eigenvalue weighted by molar-refractivity contribution is 0.0953. The van der Waals surface area contributed by atoms with Crippen LogP contribution in [0, 0.1) is 32.1 Å². The Morgan fingerprint density at radius 3 is 2.04 bits per heavy atom. The monoisotopic (exact) mass is 322 g/mol. The molecule has 4 heteroatoms. The van der Waals surface area contributed by atoms with E-state index in [0.717, 1.165) is 15.7 Å². The fourth-order valence-corrected chi connectivity index (χ4v) is 2.67. The van der Waals surface area contributed by atoms with Crippen LogP contribution in [0.4, 0.5) is 0 Å². The molecule has 0 saturated carbocycles.